The molecule has 3 N–H and O–H groups in total. The lowest BCUT2D eigenvalue weighted by molar-refractivity contribution is 0.244. The average molecular weight is 336 g/mol. The lowest BCUT2D eigenvalue weighted by Gasteiger charge is -2.46. The standard InChI is InChI=1S/C16H22BrN3/c17-12-7-8-13(16(18)19)15(10-12)20-9-3-5-11-4-1-2-6-14(11)20/h7-8,10-11,14H,1-6,9H2,(H3,18,19). The van der Waals surface area contributed by atoms with E-state index in [0.29, 0.717) is 6.04 Å². The van der Waals surface area contributed by atoms with E-state index in [4.69, 9.17) is 11.1 Å². The Morgan fingerprint density at radius 3 is 2.75 bits per heavy atom. The molecule has 1 heterocycles. The van der Waals surface area contributed by atoms with Gasteiger partial charge in [-0.3, -0.25) is 5.41 Å². The SMILES string of the molecule is N=C(N)c1ccc(Br)cc1N1CCCC2CCCCC21. The van der Waals surface area contributed by atoms with E-state index in [-0.39, 0.29) is 5.84 Å². The van der Waals surface area contributed by atoms with Gasteiger partial charge in [-0.05, 0) is 49.8 Å². The van der Waals surface area contributed by atoms with Gasteiger partial charge in [-0.1, -0.05) is 28.8 Å². The predicted molar refractivity (Wildman–Crippen MR) is 87.5 cm³/mol. The van der Waals surface area contributed by atoms with E-state index in [0.717, 1.165) is 28.2 Å². The van der Waals surface area contributed by atoms with Crippen molar-refractivity contribution in [2.24, 2.45) is 11.7 Å². The minimum Gasteiger partial charge on any atom is -0.384 e. The smallest absolute Gasteiger partial charge is 0.124 e. The Morgan fingerprint density at radius 2 is 1.95 bits per heavy atom. The first-order valence-corrected chi connectivity index (χ1v) is 8.36. The van der Waals surface area contributed by atoms with Crippen LogP contribution in [0, 0.1) is 11.3 Å². The maximum Gasteiger partial charge on any atom is 0.124 e. The third kappa shape index (κ3) is 2.58. The van der Waals surface area contributed by atoms with E-state index in [1.54, 1.807) is 0 Å². The number of anilines is 1. The monoisotopic (exact) mass is 335 g/mol. The molecule has 1 aliphatic heterocycles. The Hall–Kier alpha value is -1.03. The van der Waals surface area contributed by atoms with Gasteiger partial charge in [-0.25, -0.2) is 0 Å². The van der Waals surface area contributed by atoms with Gasteiger partial charge in [-0.2, -0.15) is 0 Å². The molecule has 1 aliphatic carbocycles. The van der Waals surface area contributed by atoms with Crippen molar-refractivity contribution in [2.45, 2.75) is 44.6 Å². The predicted octanol–water partition coefficient (Wildman–Crippen LogP) is 3.89. The first-order chi connectivity index (χ1) is 9.66. The molecular formula is C16H22BrN3. The largest absolute Gasteiger partial charge is 0.384 e. The number of nitrogen functional groups attached to an aromatic ring is 1. The van der Waals surface area contributed by atoms with Crippen LogP contribution < -0.4 is 10.6 Å². The summed E-state index contributed by atoms with van der Waals surface area (Å²) in [6, 6.07) is 6.72. The molecule has 0 amide bonds. The lowest BCUT2D eigenvalue weighted by Crippen LogP contribution is -2.47. The number of nitrogens with two attached hydrogens (primary N) is 1. The number of rotatable bonds is 2. The highest BCUT2D eigenvalue weighted by Gasteiger charge is 2.34. The molecule has 4 heteroatoms. The maximum absolute atomic E-state index is 7.83. The molecule has 20 heavy (non-hydrogen) atoms. The molecule has 3 rings (SSSR count). The van der Waals surface area contributed by atoms with Crippen molar-refractivity contribution in [1.82, 2.24) is 0 Å². The van der Waals surface area contributed by atoms with Crippen molar-refractivity contribution in [3.63, 3.8) is 0 Å². The summed E-state index contributed by atoms with van der Waals surface area (Å²) in [6.07, 6.45) is 7.99. The van der Waals surface area contributed by atoms with Gasteiger partial charge in [0.1, 0.15) is 5.84 Å². The van der Waals surface area contributed by atoms with Crippen molar-refractivity contribution in [3.8, 4) is 0 Å². The van der Waals surface area contributed by atoms with E-state index < -0.39 is 0 Å². The zero-order chi connectivity index (χ0) is 14.1. The third-order valence-corrected chi connectivity index (χ3v) is 5.30. The molecule has 2 aliphatic rings. The molecule has 1 saturated carbocycles. The number of halogens is 1. The van der Waals surface area contributed by atoms with E-state index in [2.05, 4.69) is 26.9 Å². The summed E-state index contributed by atoms with van der Waals surface area (Å²) in [5, 5.41) is 7.83. The van der Waals surface area contributed by atoms with Crippen LogP contribution in [0.3, 0.4) is 0 Å². The zero-order valence-corrected chi connectivity index (χ0v) is 13.3. The fourth-order valence-electron chi connectivity index (χ4n) is 3.89. The first-order valence-electron chi connectivity index (χ1n) is 7.57. The molecular weight excluding hydrogens is 314 g/mol. The zero-order valence-electron chi connectivity index (χ0n) is 11.7. The lowest BCUT2D eigenvalue weighted by atomic mass is 9.78. The van der Waals surface area contributed by atoms with Crippen molar-refractivity contribution in [2.75, 3.05) is 11.4 Å². The van der Waals surface area contributed by atoms with Gasteiger partial charge in [0.15, 0.2) is 0 Å². The van der Waals surface area contributed by atoms with Crippen LogP contribution in [-0.4, -0.2) is 18.4 Å². The van der Waals surface area contributed by atoms with Gasteiger partial charge in [0.2, 0.25) is 0 Å². The van der Waals surface area contributed by atoms with Crippen LogP contribution in [0.4, 0.5) is 5.69 Å². The maximum atomic E-state index is 7.83. The Kier molecular flexibility index (Phi) is 4.01. The molecule has 0 radical (unpaired) electrons. The highest BCUT2D eigenvalue weighted by Crippen LogP contribution is 2.39. The number of piperidine rings is 1. The van der Waals surface area contributed by atoms with Gasteiger partial charge >= 0.3 is 0 Å². The average Bonchev–Trinajstić information content (AvgIpc) is 2.46. The molecule has 1 aromatic rings. The highest BCUT2D eigenvalue weighted by atomic mass is 79.9. The Morgan fingerprint density at radius 1 is 1.20 bits per heavy atom. The molecule has 2 fully saturated rings. The molecule has 0 spiro atoms. The summed E-state index contributed by atoms with van der Waals surface area (Å²) in [4.78, 5) is 2.52. The van der Waals surface area contributed by atoms with Crippen LogP contribution in [0.25, 0.3) is 0 Å². The Bertz CT molecular complexity index is 512. The Balaban J connectivity index is 1.98. The van der Waals surface area contributed by atoms with Crippen molar-refractivity contribution >= 4 is 27.5 Å². The van der Waals surface area contributed by atoms with E-state index in [1.165, 1.54) is 38.5 Å². The third-order valence-electron chi connectivity index (χ3n) is 4.80. The fraction of sp³-hybridized carbons (Fsp3) is 0.562. The van der Waals surface area contributed by atoms with Crippen molar-refractivity contribution in [1.29, 1.82) is 5.41 Å². The van der Waals surface area contributed by atoms with Crippen molar-refractivity contribution in [3.05, 3.63) is 28.2 Å². The second-order valence-corrected chi connectivity index (χ2v) is 6.94. The van der Waals surface area contributed by atoms with Crippen LogP contribution in [-0.2, 0) is 0 Å². The molecule has 3 nitrogen and oxygen atoms in total. The number of amidine groups is 1. The van der Waals surface area contributed by atoms with Crippen LogP contribution in [0.1, 0.15) is 44.1 Å². The minimum absolute atomic E-state index is 0.172. The first kappa shape index (κ1) is 13.9. The van der Waals surface area contributed by atoms with Crippen LogP contribution in [0.5, 0.6) is 0 Å². The molecule has 1 aromatic carbocycles. The second-order valence-electron chi connectivity index (χ2n) is 6.02. The normalized spacial score (nSPS) is 26.1. The molecule has 0 aromatic heterocycles. The number of fused-ring (bicyclic) bond motifs is 1. The van der Waals surface area contributed by atoms with E-state index in [9.17, 15) is 0 Å². The molecule has 2 atom stereocenters. The van der Waals surface area contributed by atoms with E-state index >= 15 is 0 Å². The Labute approximate surface area is 129 Å². The summed E-state index contributed by atoms with van der Waals surface area (Å²) in [6.45, 7) is 1.10. The number of nitrogens with zero attached hydrogens (tertiary/aromatic N) is 1. The number of hydrogen-bond donors (Lipinski definition) is 2. The van der Waals surface area contributed by atoms with Crippen LogP contribution >= 0.6 is 15.9 Å². The van der Waals surface area contributed by atoms with Gasteiger partial charge in [0.25, 0.3) is 0 Å². The van der Waals surface area contributed by atoms with Crippen LogP contribution in [0.2, 0.25) is 0 Å². The molecule has 108 valence electrons. The van der Waals surface area contributed by atoms with Gasteiger partial charge in [-0.15, -0.1) is 0 Å². The number of benzene rings is 1. The molecule has 1 saturated heterocycles. The van der Waals surface area contributed by atoms with Gasteiger partial charge in [0.05, 0.1) is 0 Å². The minimum atomic E-state index is 0.172. The highest BCUT2D eigenvalue weighted by molar-refractivity contribution is 9.10. The molecule has 2 unspecified atom stereocenters. The number of nitrogens with one attached hydrogen (secondary N) is 1. The molecule has 0 bridgehead atoms. The summed E-state index contributed by atoms with van der Waals surface area (Å²) in [7, 11) is 0. The van der Waals surface area contributed by atoms with Crippen molar-refractivity contribution < 1.29 is 0 Å². The van der Waals surface area contributed by atoms with Gasteiger partial charge in [0, 0.05) is 28.3 Å². The quantitative estimate of drug-likeness (QED) is 0.636. The summed E-state index contributed by atoms with van der Waals surface area (Å²) < 4.78 is 1.07. The fourth-order valence-corrected chi connectivity index (χ4v) is 4.24. The van der Waals surface area contributed by atoms with Crippen LogP contribution in [0.15, 0.2) is 22.7 Å². The number of hydrogen-bond acceptors (Lipinski definition) is 2. The summed E-state index contributed by atoms with van der Waals surface area (Å²) in [5.74, 6) is 1.00. The second kappa shape index (κ2) is 5.76. The van der Waals surface area contributed by atoms with Gasteiger partial charge < -0.3 is 10.6 Å². The van der Waals surface area contributed by atoms with E-state index in [1.807, 2.05) is 12.1 Å². The summed E-state index contributed by atoms with van der Waals surface area (Å²) in [5.41, 5.74) is 7.80. The topological polar surface area (TPSA) is 53.1 Å². The summed E-state index contributed by atoms with van der Waals surface area (Å²) >= 11 is 3.56.